The second-order valence-corrected chi connectivity index (χ2v) is 10.4. The van der Waals surface area contributed by atoms with Gasteiger partial charge in [0.1, 0.15) is 5.75 Å². The van der Waals surface area contributed by atoms with Gasteiger partial charge in [-0.2, -0.15) is 0 Å². The maximum Gasteiger partial charge on any atom is 0.128 e. The number of hydrogen-bond donors (Lipinski definition) is 1. The summed E-state index contributed by atoms with van der Waals surface area (Å²) < 4.78 is 0. The lowest BCUT2D eigenvalue weighted by atomic mass is 9.78. The molecule has 0 bridgehead atoms. The van der Waals surface area contributed by atoms with Crippen LogP contribution in [0.5, 0.6) is 5.75 Å². The quantitative estimate of drug-likeness (QED) is 0.365. The highest BCUT2D eigenvalue weighted by Crippen LogP contribution is 2.42. The standard InChI is InChI=1S/C29H31NO/c1-28(2,3)20-17-23(27(31)24(18-20)29(4,5)6)26-16-10-15-25(30-26)22-14-9-12-19-11-7-8-13-21(19)22/h7-18,31H,1-6H3. The van der Waals surface area contributed by atoms with Gasteiger partial charge in [0.15, 0.2) is 0 Å². The Hall–Kier alpha value is -3.13. The summed E-state index contributed by atoms with van der Waals surface area (Å²) in [5, 5.41) is 13.6. The molecule has 4 aromatic rings. The van der Waals surface area contributed by atoms with Crippen LogP contribution < -0.4 is 0 Å². The van der Waals surface area contributed by atoms with Gasteiger partial charge in [-0.25, -0.2) is 4.98 Å². The molecule has 0 saturated carbocycles. The molecule has 0 spiro atoms. The van der Waals surface area contributed by atoms with Crippen LogP contribution in [0.4, 0.5) is 0 Å². The number of rotatable bonds is 2. The Morgan fingerprint density at radius 3 is 1.94 bits per heavy atom. The minimum atomic E-state index is -0.173. The fourth-order valence-electron chi connectivity index (χ4n) is 4.02. The van der Waals surface area contributed by atoms with Crippen molar-refractivity contribution in [1.82, 2.24) is 4.98 Å². The number of benzene rings is 3. The predicted octanol–water partition coefficient (Wildman–Crippen LogP) is 7.87. The number of hydrogen-bond acceptors (Lipinski definition) is 2. The molecular formula is C29H31NO. The second kappa shape index (κ2) is 7.53. The predicted molar refractivity (Wildman–Crippen MR) is 132 cm³/mol. The zero-order valence-electron chi connectivity index (χ0n) is 19.3. The minimum Gasteiger partial charge on any atom is -0.507 e. The molecule has 2 nitrogen and oxygen atoms in total. The molecule has 0 fully saturated rings. The van der Waals surface area contributed by atoms with Crippen LogP contribution in [0.25, 0.3) is 33.3 Å². The van der Waals surface area contributed by atoms with E-state index in [9.17, 15) is 5.11 Å². The van der Waals surface area contributed by atoms with Gasteiger partial charge >= 0.3 is 0 Å². The SMILES string of the molecule is CC(C)(C)c1cc(-c2cccc(-c3cccc4ccccc34)n2)c(O)c(C(C)(C)C)c1. The van der Waals surface area contributed by atoms with Crippen molar-refractivity contribution < 1.29 is 5.11 Å². The Kier molecular flexibility index (Phi) is 5.13. The summed E-state index contributed by atoms with van der Waals surface area (Å²) in [6.07, 6.45) is 0. The Balaban J connectivity index is 1.94. The molecule has 0 saturated heterocycles. The van der Waals surface area contributed by atoms with Crippen molar-refractivity contribution in [1.29, 1.82) is 0 Å². The largest absolute Gasteiger partial charge is 0.507 e. The zero-order valence-corrected chi connectivity index (χ0v) is 19.3. The van der Waals surface area contributed by atoms with E-state index in [1.54, 1.807) is 0 Å². The molecule has 0 aliphatic heterocycles. The Labute approximate surface area is 185 Å². The van der Waals surface area contributed by atoms with Gasteiger partial charge in [0, 0.05) is 16.7 Å². The van der Waals surface area contributed by atoms with E-state index in [1.807, 2.05) is 18.2 Å². The molecule has 0 unspecified atom stereocenters. The molecule has 0 atom stereocenters. The molecule has 0 amide bonds. The molecule has 0 aliphatic carbocycles. The number of aromatic nitrogens is 1. The van der Waals surface area contributed by atoms with E-state index in [0.29, 0.717) is 5.75 Å². The van der Waals surface area contributed by atoms with Crippen molar-refractivity contribution in [2.24, 2.45) is 0 Å². The lowest BCUT2D eigenvalue weighted by Crippen LogP contribution is -2.17. The summed E-state index contributed by atoms with van der Waals surface area (Å²) in [4.78, 5) is 5.01. The minimum absolute atomic E-state index is 0.0321. The van der Waals surface area contributed by atoms with Crippen LogP contribution in [0.2, 0.25) is 0 Å². The first-order valence-corrected chi connectivity index (χ1v) is 10.9. The van der Waals surface area contributed by atoms with Gasteiger partial charge in [-0.1, -0.05) is 96.1 Å². The van der Waals surface area contributed by atoms with Crippen LogP contribution in [0.15, 0.2) is 72.8 Å². The number of fused-ring (bicyclic) bond motifs is 1. The first-order chi connectivity index (χ1) is 14.6. The van der Waals surface area contributed by atoms with Gasteiger partial charge in [-0.05, 0) is 45.4 Å². The topological polar surface area (TPSA) is 33.1 Å². The molecule has 1 N–H and O–H groups in total. The van der Waals surface area contributed by atoms with E-state index in [4.69, 9.17) is 4.98 Å². The molecule has 31 heavy (non-hydrogen) atoms. The van der Waals surface area contributed by atoms with Gasteiger partial charge < -0.3 is 5.11 Å². The van der Waals surface area contributed by atoms with Crippen molar-refractivity contribution in [3.05, 3.63) is 83.9 Å². The van der Waals surface area contributed by atoms with E-state index < -0.39 is 0 Å². The van der Waals surface area contributed by atoms with Crippen molar-refractivity contribution >= 4 is 10.8 Å². The fraction of sp³-hybridized carbons (Fsp3) is 0.276. The van der Waals surface area contributed by atoms with E-state index in [-0.39, 0.29) is 10.8 Å². The lowest BCUT2D eigenvalue weighted by molar-refractivity contribution is 0.446. The first-order valence-electron chi connectivity index (χ1n) is 10.9. The maximum absolute atomic E-state index is 11.3. The highest BCUT2D eigenvalue weighted by Gasteiger charge is 2.26. The third-order valence-electron chi connectivity index (χ3n) is 5.87. The average Bonchev–Trinajstić information content (AvgIpc) is 2.72. The summed E-state index contributed by atoms with van der Waals surface area (Å²) in [6.45, 7) is 13.0. The molecule has 2 heteroatoms. The molecule has 0 aliphatic rings. The monoisotopic (exact) mass is 409 g/mol. The molecule has 3 aromatic carbocycles. The summed E-state index contributed by atoms with van der Waals surface area (Å²) in [7, 11) is 0. The third-order valence-corrected chi connectivity index (χ3v) is 5.87. The Morgan fingerprint density at radius 2 is 1.26 bits per heavy atom. The number of nitrogens with zero attached hydrogens (tertiary/aromatic N) is 1. The molecule has 1 aromatic heterocycles. The van der Waals surface area contributed by atoms with Crippen LogP contribution in [0.3, 0.4) is 0 Å². The third kappa shape index (κ3) is 4.07. The summed E-state index contributed by atoms with van der Waals surface area (Å²) >= 11 is 0. The number of pyridine rings is 1. The van der Waals surface area contributed by atoms with Crippen LogP contribution in [-0.2, 0) is 10.8 Å². The molecule has 4 rings (SSSR count). The van der Waals surface area contributed by atoms with Crippen molar-refractivity contribution in [3.8, 4) is 28.3 Å². The normalized spacial score (nSPS) is 12.3. The molecule has 158 valence electrons. The van der Waals surface area contributed by atoms with E-state index in [1.165, 1.54) is 16.3 Å². The molecular weight excluding hydrogens is 378 g/mol. The van der Waals surface area contributed by atoms with Gasteiger partial charge in [0.05, 0.1) is 11.4 Å². The lowest BCUT2D eigenvalue weighted by Gasteiger charge is -2.27. The second-order valence-electron chi connectivity index (χ2n) is 10.4. The average molecular weight is 410 g/mol. The smallest absolute Gasteiger partial charge is 0.128 e. The van der Waals surface area contributed by atoms with Crippen LogP contribution in [-0.4, -0.2) is 10.1 Å². The van der Waals surface area contributed by atoms with E-state index >= 15 is 0 Å². The Morgan fingerprint density at radius 1 is 0.645 bits per heavy atom. The van der Waals surface area contributed by atoms with Gasteiger partial charge in [-0.3, -0.25) is 0 Å². The van der Waals surface area contributed by atoms with Crippen molar-refractivity contribution in [2.75, 3.05) is 0 Å². The summed E-state index contributed by atoms with van der Waals surface area (Å²) in [5.74, 6) is 0.322. The number of aromatic hydroxyl groups is 1. The maximum atomic E-state index is 11.3. The number of phenols is 1. The summed E-state index contributed by atoms with van der Waals surface area (Å²) in [5.41, 5.74) is 5.53. The van der Waals surface area contributed by atoms with E-state index in [0.717, 1.165) is 28.1 Å². The fourth-order valence-corrected chi connectivity index (χ4v) is 4.02. The highest BCUT2D eigenvalue weighted by atomic mass is 16.3. The van der Waals surface area contributed by atoms with Gasteiger partial charge in [-0.15, -0.1) is 0 Å². The summed E-state index contributed by atoms with van der Waals surface area (Å²) in [6, 6.07) is 25.0. The van der Waals surface area contributed by atoms with Crippen LogP contribution in [0.1, 0.15) is 52.7 Å². The zero-order chi connectivity index (χ0) is 22.4. The van der Waals surface area contributed by atoms with Gasteiger partial charge in [0.25, 0.3) is 0 Å². The highest BCUT2D eigenvalue weighted by molar-refractivity contribution is 5.96. The first kappa shape index (κ1) is 21.1. The van der Waals surface area contributed by atoms with E-state index in [2.05, 4.69) is 96.1 Å². The molecule has 0 radical (unpaired) electrons. The van der Waals surface area contributed by atoms with Crippen LogP contribution >= 0.6 is 0 Å². The Bertz CT molecular complexity index is 1250. The van der Waals surface area contributed by atoms with Gasteiger partial charge in [0.2, 0.25) is 0 Å². The van der Waals surface area contributed by atoms with Crippen molar-refractivity contribution in [2.45, 2.75) is 52.4 Å². The molecule has 1 heterocycles. The number of phenolic OH excluding ortho intramolecular Hbond substituents is 1. The van der Waals surface area contributed by atoms with Crippen LogP contribution in [0, 0.1) is 0 Å². The van der Waals surface area contributed by atoms with Crippen molar-refractivity contribution in [3.63, 3.8) is 0 Å².